The van der Waals surface area contributed by atoms with Crippen molar-refractivity contribution in [2.75, 3.05) is 19.0 Å². The quantitative estimate of drug-likeness (QED) is 0.876. The smallest absolute Gasteiger partial charge is 0.251 e. The standard InChI is InChI=1S/C16H24N2O3/c1-11(10-21-5)17-14(19)12-7-6-8-13(9-12)18-15(20)16(2,3)4/h6-9,11H,10H2,1-5H3,(H,17,19)(H,18,20). The predicted octanol–water partition coefficient (Wildman–Crippen LogP) is 2.44. The summed E-state index contributed by atoms with van der Waals surface area (Å²) in [5.41, 5.74) is 0.636. The lowest BCUT2D eigenvalue weighted by molar-refractivity contribution is -0.123. The zero-order valence-electron chi connectivity index (χ0n) is 13.3. The highest BCUT2D eigenvalue weighted by atomic mass is 16.5. The van der Waals surface area contributed by atoms with E-state index in [2.05, 4.69) is 10.6 Å². The molecule has 0 saturated heterocycles. The van der Waals surface area contributed by atoms with Crippen LogP contribution in [0.1, 0.15) is 38.1 Å². The lowest BCUT2D eigenvalue weighted by Crippen LogP contribution is -2.35. The number of rotatable bonds is 5. The van der Waals surface area contributed by atoms with Crippen molar-refractivity contribution < 1.29 is 14.3 Å². The zero-order chi connectivity index (χ0) is 16.0. The lowest BCUT2D eigenvalue weighted by atomic mass is 9.95. The summed E-state index contributed by atoms with van der Waals surface area (Å²) in [5, 5.41) is 5.64. The highest BCUT2D eigenvalue weighted by molar-refractivity contribution is 5.98. The second-order valence-corrected chi connectivity index (χ2v) is 6.11. The third-order valence-corrected chi connectivity index (χ3v) is 2.86. The van der Waals surface area contributed by atoms with Gasteiger partial charge in [0.25, 0.3) is 5.91 Å². The Kier molecular flexibility index (Phi) is 5.90. The summed E-state index contributed by atoms with van der Waals surface area (Å²) in [6.45, 7) is 7.83. The van der Waals surface area contributed by atoms with Crippen LogP contribution in [0, 0.1) is 5.41 Å². The van der Waals surface area contributed by atoms with E-state index in [-0.39, 0.29) is 17.9 Å². The number of methoxy groups -OCH3 is 1. The number of amides is 2. The summed E-state index contributed by atoms with van der Waals surface area (Å²) >= 11 is 0. The fraction of sp³-hybridized carbons (Fsp3) is 0.500. The summed E-state index contributed by atoms with van der Waals surface area (Å²) in [4.78, 5) is 24.0. The Morgan fingerprint density at radius 1 is 1.29 bits per heavy atom. The van der Waals surface area contributed by atoms with Crippen molar-refractivity contribution in [3.63, 3.8) is 0 Å². The Bertz CT molecular complexity index is 506. The van der Waals surface area contributed by atoms with Crippen LogP contribution in [0.4, 0.5) is 5.69 Å². The number of hydrogen-bond acceptors (Lipinski definition) is 3. The van der Waals surface area contributed by atoms with Crippen molar-refractivity contribution >= 4 is 17.5 Å². The first-order valence-electron chi connectivity index (χ1n) is 6.95. The fourth-order valence-electron chi connectivity index (χ4n) is 1.66. The average molecular weight is 292 g/mol. The minimum atomic E-state index is -0.481. The molecule has 1 unspecified atom stereocenters. The van der Waals surface area contributed by atoms with Gasteiger partial charge >= 0.3 is 0 Å². The van der Waals surface area contributed by atoms with Gasteiger partial charge in [0.15, 0.2) is 0 Å². The lowest BCUT2D eigenvalue weighted by Gasteiger charge is -2.18. The maximum atomic E-state index is 12.1. The van der Waals surface area contributed by atoms with E-state index in [1.807, 2.05) is 27.7 Å². The van der Waals surface area contributed by atoms with E-state index < -0.39 is 5.41 Å². The molecule has 1 aromatic rings. The van der Waals surface area contributed by atoms with Crippen LogP contribution in [0.15, 0.2) is 24.3 Å². The maximum Gasteiger partial charge on any atom is 0.251 e. The highest BCUT2D eigenvalue weighted by Gasteiger charge is 2.21. The van der Waals surface area contributed by atoms with Gasteiger partial charge in [-0.1, -0.05) is 26.8 Å². The van der Waals surface area contributed by atoms with Crippen LogP contribution in [0.2, 0.25) is 0 Å². The van der Waals surface area contributed by atoms with E-state index >= 15 is 0 Å². The van der Waals surface area contributed by atoms with Crippen molar-refractivity contribution in [1.29, 1.82) is 0 Å². The van der Waals surface area contributed by atoms with Crippen LogP contribution in [0.5, 0.6) is 0 Å². The first-order chi connectivity index (χ1) is 9.74. The molecule has 116 valence electrons. The number of carbonyl (C=O) groups excluding carboxylic acids is 2. The molecule has 2 amide bonds. The summed E-state index contributed by atoms with van der Waals surface area (Å²) in [7, 11) is 1.59. The van der Waals surface area contributed by atoms with Gasteiger partial charge in [-0.25, -0.2) is 0 Å². The van der Waals surface area contributed by atoms with Crippen molar-refractivity contribution in [2.24, 2.45) is 5.41 Å². The molecule has 0 bridgehead atoms. The van der Waals surface area contributed by atoms with Crippen LogP contribution < -0.4 is 10.6 Å². The predicted molar refractivity (Wildman–Crippen MR) is 83.3 cm³/mol. The number of ether oxygens (including phenoxy) is 1. The molecule has 1 rings (SSSR count). The molecule has 0 aliphatic rings. The molecule has 1 aromatic carbocycles. The second kappa shape index (κ2) is 7.22. The molecule has 21 heavy (non-hydrogen) atoms. The van der Waals surface area contributed by atoms with Gasteiger partial charge in [-0.05, 0) is 25.1 Å². The van der Waals surface area contributed by atoms with Crippen LogP contribution in [0.25, 0.3) is 0 Å². The van der Waals surface area contributed by atoms with Crippen LogP contribution in [-0.4, -0.2) is 31.6 Å². The third-order valence-electron chi connectivity index (χ3n) is 2.86. The molecule has 0 aliphatic heterocycles. The monoisotopic (exact) mass is 292 g/mol. The summed E-state index contributed by atoms with van der Waals surface area (Å²) in [6, 6.07) is 6.81. The first kappa shape index (κ1) is 17.2. The number of nitrogens with one attached hydrogen (secondary N) is 2. The highest BCUT2D eigenvalue weighted by Crippen LogP contribution is 2.18. The van der Waals surface area contributed by atoms with Crippen LogP contribution in [-0.2, 0) is 9.53 Å². The van der Waals surface area contributed by atoms with Gasteiger partial charge in [-0.15, -0.1) is 0 Å². The van der Waals surface area contributed by atoms with Gasteiger partial charge in [-0.2, -0.15) is 0 Å². The number of anilines is 1. The molecule has 1 atom stereocenters. The average Bonchev–Trinajstić information content (AvgIpc) is 2.38. The minimum absolute atomic E-state index is 0.0738. The first-order valence-corrected chi connectivity index (χ1v) is 6.95. The van der Waals surface area contributed by atoms with Gasteiger partial charge in [-0.3, -0.25) is 9.59 Å². The fourth-order valence-corrected chi connectivity index (χ4v) is 1.66. The molecule has 0 spiro atoms. The SMILES string of the molecule is COCC(C)NC(=O)c1cccc(NC(=O)C(C)(C)C)c1. The molecule has 0 aliphatic carbocycles. The molecular formula is C16H24N2O3. The van der Waals surface area contributed by atoms with Crippen molar-refractivity contribution in [1.82, 2.24) is 5.32 Å². The summed E-state index contributed by atoms with van der Waals surface area (Å²) in [6.07, 6.45) is 0. The van der Waals surface area contributed by atoms with E-state index in [1.54, 1.807) is 31.4 Å². The topological polar surface area (TPSA) is 67.4 Å². The third kappa shape index (κ3) is 5.55. The van der Waals surface area contributed by atoms with Gasteiger partial charge in [0.2, 0.25) is 5.91 Å². The molecule has 0 radical (unpaired) electrons. The molecule has 0 fully saturated rings. The number of hydrogen-bond donors (Lipinski definition) is 2. The van der Waals surface area contributed by atoms with Crippen molar-refractivity contribution in [3.05, 3.63) is 29.8 Å². The van der Waals surface area contributed by atoms with Gasteiger partial charge in [0.05, 0.1) is 6.61 Å². The second-order valence-electron chi connectivity index (χ2n) is 6.11. The molecular weight excluding hydrogens is 268 g/mol. The molecule has 5 heteroatoms. The number of benzene rings is 1. The van der Waals surface area contributed by atoms with E-state index in [0.29, 0.717) is 17.9 Å². The summed E-state index contributed by atoms with van der Waals surface area (Å²) in [5.74, 6) is -0.279. The summed E-state index contributed by atoms with van der Waals surface area (Å²) < 4.78 is 4.98. The largest absolute Gasteiger partial charge is 0.383 e. The maximum absolute atomic E-state index is 12.1. The Balaban J connectivity index is 2.76. The van der Waals surface area contributed by atoms with Crippen LogP contribution >= 0.6 is 0 Å². The Morgan fingerprint density at radius 2 is 1.95 bits per heavy atom. The molecule has 0 saturated carbocycles. The molecule has 0 heterocycles. The minimum Gasteiger partial charge on any atom is -0.383 e. The van der Waals surface area contributed by atoms with Crippen molar-refractivity contribution in [2.45, 2.75) is 33.7 Å². The van der Waals surface area contributed by atoms with E-state index in [4.69, 9.17) is 4.74 Å². The zero-order valence-corrected chi connectivity index (χ0v) is 13.3. The van der Waals surface area contributed by atoms with Gasteiger partial charge in [0, 0.05) is 29.8 Å². The Labute approximate surface area is 126 Å². The Hall–Kier alpha value is -1.88. The molecule has 5 nitrogen and oxygen atoms in total. The van der Waals surface area contributed by atoms with Crippen molar-refractivity contribution in [3.8, 4) is 0 Å². The normalized spacial score (nSPS) is 12.6. The van der Waals surface area contributed by atoms with Gasteiger partial charge < -0.3 is 15.4 Å². The van der Waals surface area contributed by atoms with E-state index in [1.165, 1.54) is 0 Å². The van der Waals surface area contributed by atoms with E-state index in [0.717, 1.165) is 0 Å². The Morgan fingerprint density at radius 3 is 2.52 bits per heavy atom. The molecule has 0 aromatic heterocycles. The van der Waals surface area contributed by atoms with E-state index in [9.17, 15) is 9.59 Å². The van der Waals surface area contributed by atoms with Crippen LogP contribution in [0.3, 0.4) is 0 Å². The van der Waals surface area contributed by atoms with Gasteiger partial charge in [0.1, 0.15) is 0 Å². The number of carbonyl (C=O) groups is 2. The molecule has 2 N–H and O–H groups in total.